The summed E-state index contributed by atoms with van der Waals surface area (Å²) in [4.78, 5) is 0. The van der Waals surface area contributed by atoms with Gasteiger partial charge in [-0.2, -0.15) is 0 Å². The van der Waals surface area contributed by atoms with Crippen LogP contribution in [0.2, 0.25) is 5.02 Å². The van der Waals surface area contributed by atoms with Crippen LogP contribution in [0.4, 0.5) is 4.39 Å². The molecule has 2 atom stereocenters. The second kappa shape index (κ2) is 5.15. The second-order valence-corrected chi connectivity index (χ2v) is 5.07. The maximum absolute atomic E-state index is 13.5. The minimum Gasteiger partial charge on any atom is -0.310 e. The first kappa shape index (κ1) is 11.9. The Morgan fingerprint density at radius 2 is 2.25 bits per heavy atom. The summed E-state index contributed by atoms with van der Waals surface area (Å²) in [5.41, 5.74) is 0.698. The zero-order chi connectivity index (χ0) is 11.5. The van der Waals surface area contributed by atoms with Crippen molar-refractivity contribution in [3.05, 3.63) is 34.6 Å². The summed E-state index contributed by atoms with van der Waals surface area (Å²) in [5.74, 6) is 0.487. The number of hydrogen-bond acceptors (Lipinski definition) is 1. The fourth-order valence-electron chi connectivity index (χ4n) is 2.35. The Morgan fingerprint density at radius 3 is 2.88 bits per heavy atom. The summed E-state index contributed by atoms with van der Waals surface area (Å²) in [6, 6.07) is 5.40. The van der Waals surface area contributed by atoms with Crippen LogP contribution in [-0.2, 0) is 6.54 Å². The molecule has 0 aromatic heterocycles. The molecule has 0 aliphatic heterocycles. The molecule has 2 rings (SSSR count). The van der Waals surface area contributed by atoms with Gasteiger partial charge in [0.15, 0.2) is 0 Å². The lowest BCUT2D eigenvalue weighted by molar-refractivity contribution is 0.421. The molecule has 1 aromatic carbocycles. The minimum atomic E-state index is -0.217. The summed E-state index contributed by atoms with van der Waals surface area (Å²) < 4.78 is 13.5. The van der Waals surface area contributed by atoms with Gasteiger partial charge in [-0.15, -0.1) is 0 Å². The highest BCUT2D eigenvalue weighted by Gasteiger charge is 2.22. The van der Waals surface area contributed by atoms with Crippen LogP contribution in [0.3, 0.4) is 0 Å². The zero-order valence-electron chi connectivity index (χ0n) is 9.47. The molecule has 0 heterocycles. The van der Waals surface area contributed by atoms with E-state index in [4.69, 9.17) is 11.6 Å². The molecule has 0 spiro atoms. The molecule has 1 saturated carbocycles. The van der Waals surface area contributed by atoms with Gasteiger partial charge in [-0.25, -0.2) is 4.39 Å². The summed E-state index contributed by atoms with van der Waals surface area (Å²) in [7, 11) is 0. The zero-order valence-corrected chi connectivity index (χ0v) is 10.2. The first-order valence-electron chi connectivity index (χ1n) is 5.84. The van der Waals surface area contributed by atoms with Gasteiger partial charge in [-0.1, -0.05) is 31.0 Å². The maximum atomic E-state index is 13.5. The normalized spacial score (nSPS) is 24.9. The van der Waals surface area contributed by atoms with Crippen molar-refractivity contribution >= 4 is 11.6 Å². The molecule has 0 bridgehead atoms. The van der Waals surface area contributed by atoms with Gasteiger partial charge >= 0.3 is 0 Å². The Balaban J connectivity index is 1.94. The highest BCUT2D eigenvalue weighted by Crippen LogP contribution is 2.25. The quantitative estimate of drug-likeness (QED) is 0.850. The highest BCUT2D eigenvalue weighted by molar-refractivity contribution is 6.30. The third-order valence-corrected chi connectivity index (χ3v) is 3.67. The first-order valence-corrected chi connectivity index (χ1v) is 6.22. The molecule has 1 aliphatic carbocycles. The molecule has 2 unspecified atom stereocenters. The molecule has 3 heteroatoms. The summed E-state index contributed by atoms with van der Waals surface area (Å²) >= 11 is 5.71. The van der Waals surface area contributed by atoms with E-state index >= 15 is 0 Å². The number of rotatable bonds is 3. The molecular weight excluding hydrogens is 225 g/mol. The summed E-state index contributed by atoms with van der Waals surface area (Å²) in [6.07, 6.45) is 3.76. The smallest absolute Gasteiger partial charge is 0.129 e. The first-order chi connectivity index (χ1) is 7.66. The lowest BCUT2D eigenvalue weighted by atomic mass is 10.1. The largest absolute Gasteiger partial charge is 0.310 e. The van der Waals surface area contributed by atoms with Gasteiger partial charge in [0.2, 0.25) is 0 Å². The average molecular weight is 242 g/mol. The number of benzene rings is 1. The van der Waals surface area contributed by atoms with Crippen molar-refractivity contribution in [1.29, 1.82) is 0 Å². The molecule has 1 N–H and O–H groups in total. The van der Waals surface area contributed by atoms with Crippen molar-refractivity contribution in [2.45, 2.75) is 38.8 Å². The van der Waals surface area contributed by atoms with Gasteiger partial charge in [-0.05, 0) is 30.9 Å². The average Bonchev–Trinajstić information content (AvgIpc) is 2.63. The predicted molar refractivity (Wildman–Crippen MR) is 65.1 cm³/mol. The molecule has 88 valence electrons. The monoisotopic (exact) mass is 241 g/mol. The third-order valence-electron chi connectivity index (χ3n) is 3.43. The highest BCUT2D eigenvalue weighted by atomic mass is 35.5. The molecule has 1 fully saturated rings. The molecule has 0 amide bonds. The van der Waals surface area contributed by atoms with E-state index < -0.39 is 0 Å². The Hall–Kier alpha value is -0.600. The van der Waals surface area contributed by atoms with Gasteiger partial charge in [0.05, 0.1) is 0 Å². The van der Waals surface area contributed by atoms with Crippen LogP contribution < -0.4 is 5.32 Å². The van der Waals surface area contributed by atoms with E-state index in [2.05, 4.69) is 12.2 Å². The number of nitrogens with one attached hydrogen (secondary N) is 1. The van der Waals surface area contributed by atoms with Crippen molar-refractivity contribution < 1.29 is 4.39 Å². The van der Waals surface area contributed by atoms with Crippen molar-refractivity contribution in [1.82, 2.24) is 5.32 Å². The van der Waals surface area contributed by atoms with Crippen LogP contribution >= 0.6 is 11.6 Å². The molecule has 16 heavy (non-hydrogen) atoms. The molecular formula is C13H17ClFN. The predicted octanol–water partition coefficient (Wildman–Crippen LogP) is 3.76. The van der Waals surface area contributed by atoms with Gasteiger partial charge in [0.1, 0.15) is 5.82 Å². The number of halogens is 2. The second-order valence-electron chi connectivity index (χ2n) is 4.63. The van der Waals surface area contributed by atoms with Crippen molar-refractivity contribution in [3.63, 3.8) is 0 Å². The topological polar surface area (TPSA) is 12.0 Å². The van der Waals surface area contributed by atoms with Crippen LogP contribution in [0.15, 0.2) is 18.2 Å². The fraction of sp³-hybridized carbons (Fsp3) is 0.538. The molecule has 0 radical (unpaired) electrons. The van der Waals surface area contributed by atoms with Crippen molar-refractivity contribution in [3.8, 4) is 0 Å². The van der Waals surface area contributed by atoms with Gasteiger partial charge < -0.3 is 5.32 Å². The third kappa shape index (κ3) is 2.74. The van der Waals surface area contributed by atoms with Crippen LogP contribution in [0.1, 0.15) is 31.7 Å². The Bertz CT molecular complexity index is 367. The van der Waals surface area contributed by atoms with Gasteiger partial charge in [-0.3, -0.25) is 0 Å². The number of hydrogen-bond donors (Lipinski definition) is 1. The van der Waals surface area contributed by atoms with Crippen molar-refractivity contribution in [2.24, 2.45) is 5.92 Å². The van der Waals surface area contributed by atoms with Gasteiger partial charge in [0.25, 0.3) is 0 Å². The molecule has 0 saturated heterocycles. The Labute approximate surface area is 101 Å². The van der Waals surface area contributed by atoms with E-state index in [1.165, 1.54) is 25.3 Å². The lowest BCUT2D eigenvalue weighted by Crippen LogP contribution is -2.30. The molecule has 1 nitrogen and oxygen atoms in total. The van der Waals surface area contributed by atoms with Crippen LogP contribution in [-0.4, -0.2) is 6.04 Å². The maximum Gasteiger partial charge on any atom is 0.129 e. The van der Waals surface area contributed by atoms with Gasteiger partial charge in [0, 0.05) is 23.2 Å². The Kier molecular flexibility index (Phi) is 3.82. The molecule has 1 aromatic rings. The van der Waals surface area contributed by atoms with E-state index in [-0.39, 0.29) is 5.82 Å². The van der Waals surface area contributed by atoms with E-state index in [1.54, 1.807) is 12.1 Å². The SMILES string of the molecule is CC1CCCC1NCc1ccc(Cl)cc1F. The summed E-state index contributed by atoms with van der Waals surface area (Å²) in [6.45, 7) is 2.85. The van der Waals surface area contributed by atoms with Crippen molar-refractivity contribution in [2.75, 3.05) is 0 Å². The van der Waals surface area contributed by atoms with E-state index in [0.717, 1.165) is 0 Å². The van der Waals surface area contributed by atoms with Crippen LogP contribution in [0.25, 0.3) is 0 Å². The fourth-order valence-corrected chi connectivity index (χ4v) is 2.51. The molecule has 1 aliphatic rings. The van der Waals surface area contributed by atoms with E-state index in [0.29, 0.717) is 29.1 Å². The van der Waals surface area contributed by atoms with Crippen LogP contribution in [0.5, 0.6) is 0 Å². The minimum absolute atomic E-state index is 0.217. The summed E-state index contributed by atoms with van der Waals surface area (Å²) in [5, 5.41) is 3.88. The Morgan fingerprint density at radius 1 is 1.44 bits per heavy atom. The van der Waals surface area contributed by atoms with E-state index in [1.807, 2.05) is 0 Å². The van der Waals surface area contributed by atoms with Crippen LogP contribution in [0, 0.1) is 11.7 Å². The standard InChI is InChI=1S/C13H17ClFN/c1-9-3-2-4-13(9)16-8-10-5-6-11(14)7-12(10)15/h5-7,9,13,16H,2-4,8H2,1H3. The lowest BCUT2D eigenvalue weighted by Gasteiger charge is -2.17. The van der Waals surface area contributed by atoms with E-state index in [9.17, 15) is 4.39 Å².